The highest BCUT2D eigenvalue weighted by molar-refractivity contribution is 6.30. The lowest BCUT2D eigenvalue weighted by molar-refractivity contribution is -0.119. The van der Waals surface area contributed by atoms with Crippen LogP contribution in [0.4, 0.5) is 5.69 Å². The van der Waals surface area contributed by atoms with Crippen LogP contribution in [0.5, 0.6) is 0 Å². The summed E-state index contributed by atoms with van der Waals surface area (Å²) in [7, 11) is 0. The normalized spacial score (nSPS) is 16.5. The van der Waals surface area contributed by atoms with Crippen molar-refractivity contribution in [2.45, 2.75) is 19.5 Å². The van der Waals surface area contributed by atoms with E-state index >= 15 is 0 Å². The number of rotatable bonds is 3. The third-order valence-electron chi connectivity index (χ3n) is 4.67. The number of nitrogens with zero attached hydrogens (tertiary/aromatic N) is 2. The molecule has 1 aliphatic heterocycles. The molecule has 134 valence electrons. The summed E-state index contributed by atoms with van der Waals surface area (Å²) in [5.74, 6) is -0.0200. The number of halogens is 1. The van der Waals surface area contributed by atoms with Crippen molar-refractivity contribution in [2.75, 3.05) is 4.90 Å². The summed E-state index contributed by atoms with van der Waals surface area (Å²) in [6.45, 7) is 2.31. The van der Waals surface area contributed by atoms with Crippen molar-refractivity contribution in [1.29, 1.82) is 0 Å². The molecule has 0 bridgehead atoms. The van der Waals surface area contributed by atoms with Gasteiger partial charge in [0, 0.05) is 16.1 Å². The Balaban J connectivity index is 1.83. The minimum atomic E-state index is -0.466. The minimum absolute atomic E-state index is 0.0200. The Labute approximate surface area is 163 Å². The number of anilines is 1. The van der Waals surface area contributed by atoms with Gasteiger partial charge in [-0.25, -0.2) is 0 Å². The summed E-state index contributed by atoms with van der Waals surface area (Å²) < 4.78 is 0. The van der Waals surface area contributed by atoms with Crippen LogP contribution in [-0.2, 0) is 11.3 Å². The topological polar surface area (TPSA) is 32.7 Å². The number of carbonyl (C=O) groups excluding carboxylic acids is 1. The monoisotopic (exact) mass is 374 g/mol. The molecule has 0 fully saturated rings. The molecule has 3 aromatic rings. The quantitative estimate of drug-likeness (QED) is 0.626. The van der Waals surface area contributed by atoms with E-state index in [4.69, 9.17) is 16.6 Å². The zero-order chi connectivity index (χ0) is 18.8. The highest BCUT2D eigenvalue weighted by Crippen LogP contribution is 2.30. The fraction of sp³-hybridized carbons (Fsp3) is 0.130. The first-order valence-electron chi connectivity index (χ1n) is 8.92. The van der Waals surface area contributed by atoms with Gasteiger partial charge in [0.1, 0.15) is 6.04 Å². The van der Waals surface area contributed by atoms with E-state index in [0.717, 1.165) is 28.1 Å². The maximum atomic E-state index is 13.2. The van der Waals surface area contributed by atoms with Crippen LogP contribution in [0, 0.1) is 0 Å². The van der Waals surface area contributed by atoms with Crippen molar-refractivity contribution in [3.63, 3.8) is 0 Å². The van der Waals surface area contributed by atoms with Gasteiger partial charge in [-0.3, -0.25) is 9.79 Å². The molecule has 0 N–H and O–H groups in total. The van der Waals surface area contributed by atoms with E-state index in [1.54, 1.807) is 0 Å². The average Bonchev–Trinajstić information content (AvgIpc) is 2.79. The van der Waals surface area contributed by atoms with Gasteiger partial charge in [0.2, 0.25) is 0 Å². The number of fused-ring (bicyclic) bond motifs is 1. The van der Waals surface area contributed by atoms with Gasteiger partial charge in [-0.2, -0.15) is 0 Å². The van der Waals surface area contributed by atoms with Gasteiger partial charge < -0.3 is 4.90 Å². The Hall–Kier alpha value is -2.91. The van der Waals surface area contributed by atoms with E-state index in [0.29, 0.717) is 11.6 Å². The average molecular weight is 375 g/mol. The van der Waals surface area contributed by atoms with E-state index in [1.807, 2.05) is 90.7 Å². The molecule has 3 aromatic carbocycles. The fourth-order valence-electron chi connectivity index (χ4n) is 3.38. The lowest BCUT2D eigenvalue weighted by atomic mass is 10.00. The predicted molar refractivity (Wildman–Crippen MR) is 111 cm³/mol. The third-order valence-corrected chi connectivity index (χ3v) is 4.91. The Bertz CT molecular complexity index is 1010. The summed E-state index contributed by atoms with van der Waals surface area (Å²) in [5, 5.41) is 0.664. The molecule has 1 aliphatic rings. The van der Waals surface area contributed by atoms with Crippen molar-refractivity contribution in [3.8, 4) is 0 Å². The molecule has 0 saturated carbocycles. The van der Waals surface area contributed by atoms with Crippen LogP contribution in [0.25, 0.3) is 0 Å². The van der Waals surface area contributed by atoms with E-state index in [-0.39, 0.29) is 5.91 Å². The first-order chi connectivity index (χ1) is 13.1. The molecule has 0 aromatic heterocycles. The van der Waals surface area contributed by atoms with Crippen molar-refractivity contribution >= 4 is 28.9 Å². The summed E-state index contributed by atoms with van der Waals surface area (Å²) in [5.41, 5.74) is 4.67. The van der Waals surface area contributed by atoms with E-state index in [1.165, 1.54) is 0 Å². The van der Waals surface area contributed by atoms with E-state index in [2.05, 4.69) is 0 Å². The smallest absolute Gasteiger partial charge is 0.251 e. The highest BCUT2D eigenvalue weighted by atomic mass is 35.5. The largest absolute Gasteiger partial charge is 0.305 e. The molecular formula is C23H19ClN2O. The maximum Gasteiger partial charge on any atom is 0.251 e. The molecule has 0 spiro atoms. The lowest BCUT2D eigenvalue weighted by Gasteiger charge is -2.24. The number of benzodiazepines with no additional fused rings is 1. The highest BCUT2D eigenvalue weighted by Gasteiger charge is 2.29. The van der Waals surface area contributed by atoms with Crippen LogP contribution in [0.15, 0.2) is 83.9 Å². The molecule has 1 heterocycles. The second-order valence-corrected chi connectivity index (χ2v) is 7.03. The van der Waals surface area contributed by atoms with Gasteiger partial charge in [0.05, 0.1) is 17.9 Å². The molecular weight excluding hydrogens is 356 g/mol. The standard InChI is InChI=1S/C23H19ClN2O/c1-16-23(27)26(15-17-8-7-11-19(24)14-17)21-13-6-5-12-20(21)22(25-16)18-9-3-2-4-10-18/h2-14,16H,15H2,1H3/t16-/m0/s1. The second kappa shape index (κ2) is 7.37. The van der Waals surface area contributed by atoms with Gasteiger partial charge in [-0.1, -0.05) is 72.3 Å². The summed E-state index contributed by atoms with van der Waals surface area (Å²) in [6, 6.07) is 25.1. The zero-order valence-electron chi connectivity index (χ0n) is 15.0. The van der Waals surface area contributed by atoms with Crippen molar-refractivity contribution in [3.05, 3.63) is 101 Å². The summed E-state index contributed by atoms with van der Waals surface area (Å²) in [6.07, 6.45) is 0. The molecule has 0 unspecified atom stereocenters. The van der Waals surface area contributed by atoms with Gasteiger partial charge in [0.15, 0.2) is 0 Å². The maximum absolute atomic E-state index is 13.2. The predicted octanol–water partition coefficient (Wildman–Crippen LogP) is 5.11. The zero-order valence-corrected chi connectivity index (χ0v) is 15.7. The van der Waals surface area contributed by atoms with Gasteiger partial charge >= 0.3 is 0 Å². The Kier molecular flexibility index (Phi) is 4.78. The number of carbonyl (C=O) groups is 1. The molecule has 4 heteroatoms. The Morgan fingerprint density at radius 1 is 0.963 bits per heavy atom. The second-order valence-electron chi connectivity index (χ2n) is 6.59. The molecule has 1 amide bonds. The molecule has 1 atom stereocenters. The number of aliphatic imine (C=N–C) groups is 1. The SMILES string of the molecule is C[C@@H]1N=C(c2ccccc2)c2ccccc2N(Cc2cccc(Cl)c2)C1=O. The summed E-state index contributed by atoms with van der Waals surface area (Å²) in [4.78, 5) is 19.7. The van der Waals surface area contributed by atoms with Crippen molar-refractivity contribution in [2.24, 2.45) is 4.99 Å². The van der Waals surface area contributed by atoms with Gasteiger partial charge in [-0.15, -0.1) is 0 Å². The first kappa shape index (κ1) is 17.5. The molecule has 0 saturated heterocycles. The van der Waals surface area contributed by atoms with Crippen LogP contribution in [0.2, 0.25) is 5.02 Å². The number of para-hydroxylation sites is 1. The lowest BCUT2D eigenvalue weighted by Crippen LogP contribution is -2.36. The van der Waals surface area contributed by atoms with Crippen LogP contribution in [-0.4, -0.2) is 17.7 Å². The van der Waals surface area contributed by atoms with Crippen LogP contribution in [0.3, 0.4) is 0 Å². The van der Waals surface area contributed by atoms with E-state index < -0.39 is 6.04 Å². The fourth-order valence-corrected chi connectivity index (χ4v) is 3.59. The van der Waals surface area contributed by atoms with E-state index in [9.17, 15) is 4.79 Å². The Morgan fingerprint density at radius 3 is 2.48 bits per heavy atom. The van der Waals surface area contributed by atoms with Gasteiger partial charge in [0.25, 0.3) is 5.91 Å². The number of hydrogen-bond donors (Lipinski definition) is 0. The van der Waals surface area contributed by atoms with Crippen LogP contribution < -0.4 is 4.90 Å². The summed E-state index contributed by atoms with van der Waals surface area (Å²) >= 11 is 6.14. The van der Waals surface area contributed by atoms with Crippen LogP contribution in [0.1, 0.15) is 23.6 Å². The molecule has 0 radical (unpaired) electrons. The Morgan fingerprint density at radius 2 is 1.70 bits per heavy atom. The molecule has 4 rings (SSSR count). The van der Waals surface area contributed by atoms with Crippen molar-refractivity contribution < 1.29 is 4.79 Å². The third kappa shape index (κ3) is 3.51. The van der Waals surface area contributed by atoms with Crippen molar-refractivity contribution in [1.82, 2.24) is 0 Å². The molecule has 27 heavy (non-hydrogen) atoms. The van der Waals surface area contributed by atoms with Crippen LogP contribution >= 0.6 is 11.6 Å². The molecule has 3 nitrogen and oxygen atoms in total. The minimum Gasteiger partial charge on any atom is -0.305 e. The number of hydrogen-bond acceptors (Lipinski definition) is 2. The first-order valence-corrected chi connectivity index (χ1v) is 9.30. The number of benzene rings is 3. The van der Waals surface area contributed by atoms with Gasteiger partial charge in [-0.05, 0) is 30.7 Å². The number of amides is 1. The molecule has 0 aliphatic carbocycles.